The van der Waals surface area contributed by atoms with Crippen LogP contribution in [0.15, 0.2) is 0 Å². The highest BCUT2D eigenvalue weighted by atomic mass is 32.2. The lowest BCUT2D eigenvalue weighted by atomic mass is 9.98. The van der Waals surface area contributed by atoms with E-state index in [0.717, 1.165) is 17.5 Å². The first-order valence-electron chi connectivity index (χ1n) is 8.20. The molecule has 20 heavy (non-hydrogen) atoms. The molecule has 1 atom stereocenters. The van der Waals surface area contributed by atoms with Crippen molar-refractivity contribution in [2.75, 3.05) is 6.54 Å². The third-order valence-corrected chi connectivity index (χ3v) is 7.22. The van der Waals surface area contributed by atoms with Crippen LogP contribution < -0.4 is 5.32 Å². The maximum atomic E-state index is 4.93. The third kappa shape index (κ3) is 3.58. The Bertz CT molecular complexity index is 424. The SMILES string of the molecule is CCNC1CCCc2nc(CSC3CCCCC3)sc21. The van der Waals surface area contributed by atoms with E-state index in [4.69, 9.17) is 4.98 Å². The molecule has 0 aromatic carbocycles. The predicted octanol–water partition coefficient (Wildman–Crippen LogP) is 4.70. The van der Waals surface area contributed by atoms with Crippen LogP contribution in [0.25, 0.3) is 0 Å². The molecule has 3 rings (SSSR count). The van der Waals surface area contributed by atoms with Crippen molar-refractivity contribution in [3.05, 3.63) is 15.6 Å². The second kappa shape index (κ2) is 7.28. The quantitative estimate of drug-likeness (QED) is 0.853. The molecule has 2 aliphatic rings. The van der Waals surface area contributed by atoms with E-state index in [1.54, 1.807) is 0 Å². The Morgan fingerprint density at radius 1 is 1.20 bits per heavy atom. The van der Waals surface area contributed by atoms with E-state index >= 15 is 0 Å². The number of aromatic nitrogens is 1. The number of thioether (sulfide) groups is 1. The number of fused-ring (bicyclic) bond motifs is 1. The Balaban J connectivity index is 1.60. The lowest BCUT2D eigenvalue weighted by molar-refractivity contribution is 0.476. The van der Waals surface area contributed by atoms with E-state index in [-0.39, 0.29) is 0 Å². The zero-order chi connectivity index (χ0) is 13.8. The van der Waals surface area contributed by atoms with Crippen molar-refractivity contribution in [2.45, 2.75) is 75.3 Å². The van der Waals surface area contributed by atoms with Gasteiger partial charge in [-0.3, -0.25) is 0 Å². The average Bonchev–Trinajstić information content (AvgIpc) is 2.91. The van der Waals surface area contributed by atoms with Crippen LogP contribution >= 0.6 is 23.1 Å². The van der Waals surface area contributed by atoms with Crippen molar-refractivity contribution in [3.8, 4) is 0 Å². The topological polar surface area (TPSA) is 24.9 Å². The van der Waals surface area contributed by atoms with Crippen LogP contribution in [-0.2, 0) is 12.2 Å². The van der Waals surface area contributed by atoms with Crippen LogP contribution in [0.3, 0.4) is 0 Å². The maximum absolute atomic E-state index is 4.93. The fourth-order valence-corrected chi connectivity index (χ4v) is 5.96. The first kappa shape index (κ1) is 14.9. The number of nitrogens with one attached hydrogen (secondary N) is 1. The third-order valence-electron chi connectivity index (χ3n) is 4.44. The van der Waals surface area contributed by atoms with Gasteiger partial charge in [0.1, 0.15) is 5.01 Å². The summed E-state index contributed by atoms with van der Waals surface area (Å²) in [5, 5.41) is 5.89. The Morgan fingerprint density at radius 2 is 2.05 bits per heavy atom. The summed E-state index contributed by atoms with van der Waals surface area (Å²) in [5.74, 6) is 1.14. The van der Waals surface area contributed by atoms with Gasteiger partial charge in [-0.15, -0.1) is 11.3 Å². The van der Waals surface area contributed by atoms with Crippen LogP contribution in [0, 0.1) is 0 Å². The highest BCUT2D eigenvalue weighted by Crippen LogP contribution is 2.37. The fraction of sp³-hybridized carbons (Fsp3) is 0.812. The Kier molecular flexibility index (Phi) is 5.41. The summed E-state index contributed by atoms with van der Waals surface area (Å²) in [6, 6.07) is 0.578. The summed E-state index contributed by atoms with van der Waals surface area (Å²) >= 11 is 4.13. The molecule has 0 amide bonds. The number of rotatable bonds is 5. The zero-order valence-electron chi connectivity index (χ0n) is 12.5. The van der Waals surface area contributed by atoms with Gasteiger partial charge in [-0.05, 0) is 38.6 Å². The lowest BCUT2D eigenvalue weighted by Crippen LogP contribution is -2.23. The van der Waals surface area contributed by atoms with Crippen molar-refractivity contribution >= 4 is 23.1 Å². The highest BCUT2D eigenvalue weighted by Gasteiger charge is 2.24. The second-order valence-electron chi connectivity index (χ2n) is 5.99. The summed E-state index contributed by atoms with van der Waals surface area (Å²) in [5.41, 5.74) is 1.39. The molecule has 1 aromatic rings. The molecule has 112 valence electrons. The Labute approximate surface area is 131 Å². The predicted molar refractivity (Wildman–Crippen MR) is 89.6 cm³/mol. The van der Waals surface area contributed by atoms with E-state index in [1.165, 1.54) is 66.9 Å². The van der Waals surface area contributed by atoms with Gasteiger partial charge in [-0.25, -0.2) is 4.98 Å². The van der Waals surface area contributed by atoms with Gasteiger partial charge < -0.3 is 5.32 Å². The summed E-state index contributed by atoms with van der Waals surface area (Å²) in [6.07, 6.45) is 11.0. The molecule has 1 N–H and O–H groups in total. The summed E-state index contributed by atoms with van der Waals surface area (Å²) < 4.78 is 0. The molecule has 0 saturated heterocycles. The standard InChI is InChI=1S/C16H26N2S2/c1-2-17-13-9-6-10-14-16(13)20-15(18-14)11-19-12-7-4-3-5-8-12/h12-13,17H,2-11H2,1H3. The number of aryl methyl sites for hydroxylation is 1. The van der Waals surface area contributed by atoms with Gasteiger partial charge in [0, 0.05) is 21.9 Å². The highest BCUT2D eigenvalue weighted by molar-refractivity contribution is 7.99. The maximum Gasteiger partial charge on any atom is 0.103 e. The minimum atomic E-state index is 0.578. The molecule has 0 radical (unpaired) electrons. The fourth-order valence-electron chi connectivity index (χ4n) is 3.39. The van der Waals surface area contributed by atoms with Crippen molar-refractivity contribution < 1.29 is 0 Å². The molecule has 1 aromatic heterocycles. The van der Waals surface area contributed by atoms with E-state index in [0.29, 0.717) is 6.04 Å². The van der Waals surface area contributed by atoms with Gasteiger partial charge in [0.05, 0.1) is 5.69 Å². The molecule has 2 aliphatic carbocycles. The molecule has 4 heteroatoms. The minimum Gasteiger partial charge on any atom is -0.309 e. The summed E-state index contributed by atoms with van der Waals surface area (Å²) in [7, 11) is 0. The first-order chi connectivity index (χ1) is 9.86. The monoisotopic (exact) mass is 310 g/mol. The van der Waals surface area contributed by atoms with Crippen molar-refractivity contribution in [3.63, 3.8) is 0 Å². The normalized spacial score (nSPS) is 23.8. The average molecular weight is 311 g/mol. The van der Waals surface area contributed by atoms with Gasteiger partial charge in [-0.1, -0.05) is 26.2 Å². The van der Waals surface area contributed by atoms with Gasteiger partial charge in [-0.2, -0.15) is 11.8 Å². The van der Waals surface area contributed by atoms with Crippen LogP contribution in [0.4, 0.5) is 0 Å². The van der Waals surface area contributed by atoms with Crippen molar-refractivity contribution in [1.82, 2.24) is 10.3 Å². The smallest absolute Gasteiger partial charge is 0.103 e. The van der Waals surface area contributed by atoms with Crippen LogP contribution in [0.2, 0.25) is 0 Å². The van der Waals surface area contributed by atoms with E-state index < -0.39 is 0 Å². The van der Waals surface area contributed by atoms with Gasteiger partial charge >= 0.3 is 0 Å². The number of hydrogen-bond acceptors (Lipinski definition) is 4. The summed E-state index contributed by atoms with van der Waals surface area (Å²) in [6.45, 7) is 3.27. The van der Waals surface area contributed by atoms with Crippen LogP contribution in [0.5, 0.6) is 0 Å². The van der Waals surface area contributed by atoms with Gasteiger partial charge in [0.25, 0.3) is 0 Å². The molecule has 1 fully saturated rings. The van der Waals surface area contributed by atoms with Crippen LogP contribution in [-0.4, -0.2) is 16.8 Å². The van der Waals surface area contributed by atoms with Crippen LogP contribution in [0.1, 0.15) is 73.5 Å². The first-order valence-corrected chi connectivity index (χ1v) is 10.1. The van der Waals surface area contributed by atoms with Gasteiger partial charge in [0.2, 0.25) is 0 Å². The lowest BCUT2D eigenvalue weighted by Gasteiger charge is -2.21. The largest absolute Gasteiger partial charge is 0.309 e. The molecule has 0 bridgehead atoms. The van der Waals surface area contributed by atoms with E-state index in [1.807, 2.05) is 11.3 Å². The van der Waals surface area contributed by atoms with Crippen molar-refractivity contribution in [1.29, 1.82) is 0 Å². The van der Waals surface area contributed by atoms with Gasteiger partial charge in [0.15, 0.2) is 0 Å². The molecular weight excluding hydrogens is 284 g/mol. The number of nitrogens with zero attached hydrogens (tertiary/aromatic N) is 1. The van der Waals surface area contributed by atoms with Crippen molar-refractivity contribution in [2.24, 2.45) is 0 Å². The van der Waals surface area contributed by atoms with E-state index in [2.05, 4.69) is 24.0 Å². The molecule has 0 aliphatic heterocycles. The zero-order valence-corrected chi connectivity index (χ0v) is 14.1. The Hall–Kier alpha value is -0.0600. The number of hydrogen-bond donors (Lipinski definition) is 1. The molecular formula is C16H26N2S2. The molecule has 1 heterocycles. The second-order valence-corrected chi connectivity index (χ2v) is 8.40. The summed E-state index contributed by atoms with van der Waals surface area (Å²) in [4.78, 5) is 6.46. The minimum absolute atomic E-state index is 0.578. The molecule has 1 saturated carbocycles. The van der Waals surface area contributed by atoms with E-state index in [9.17, 15) is 0 Å². The molecule has 0 spiro atoms. The Morgan fingerprint density at radius 3 is 2.85 bits per heavy atom. The number of thiazole rings is 1. The molecule has 2 nitrogen and oxygen atoms in total. The molecule has 1 unspecified atom stereocenters.